The van der Waals surface area contributed by atoms with Crippen LogP contribution in [0.1, 0.15) is 11.1 Å². The molecule has 1 fully saturated rings. The molecule has 0 aliphatic carbocycles. The van der Waals surface area contributed by atoms with Gasteiger partial charge in [0.25, 0.3) is 0 Å². The maximum atomic E-state index is 12.5. The zero-order chi connectivity index (χ0) is 17.0. The number of morpholine rings is 1. The first kappa shape index (κ1) is 16.8. The zero-order valence-corrected chi connectivity index (χ0v) is 13.0. The van der Waals surface area contributed by atoms with E-state index in [9.17, 15) is 13.2 Å². The Morgan fingerprint density at radius 1 is 1.00 bits per heavy atom. The third-order valence-corrected chi connectivity index (χ3v) is 3.81. The second-order valence-electron chi connectivity index (χ2n) is 5.67. The number of hydrogen-bond acceptors (Lipinski definition) is 3. The first-order valence-corrected chi connectivity index (χ1v) is 7.77. The van der Waals surface area contributed by atoms with Gasteiger partial charge in [-0.1, -0.05) is 12.1 Å². The van der Waals surface area contributed by atoms with Crippen LogP contribution < -0.4 is 10.1 Å². The molecule has 1 saturated heterocycles. The van der Waals surface area contributed by atoms with E-state index in [0.717, 1.165) is 43.8 Å². The van der Waals surface area contributed by atoms with Crippen molar-refractivity contribution in [1.29, 1.82) is 0 Å². The lowest BCUT2D eigenvalue weighted by atomic mass is 10.1. The molecule has 24 heavy (non-hydrogen) atoms. The highest BCUT2D eigenvalue weighted by Crippen LogP contribution is 2.31. The van der Waals surface area contributed by atoms with E-state index < -0.39 is 11.7 Å². The van der Waals surface area contributed by atoms with Crippen LogP contribution in [0.15, 0.2) is 48.5 Å². The van der Waals surface area contributed by atoms with Crippen LogP contribution in [-0.4, -0.2) is 25.8 Å². The number of hydrogen-bond donors (Lipinski definition) is 1. The van der Waals surface area contributed by atoms with Gasteiger partial charge in [-0.25, -0.2) is 0 Å². The van der Waals surface area contributed by atoms with E-state index in [1.54, 1.807) is 0 Å². The van der Waals surface area contributed by atoms with Gasteiger partial charge in [0.2, 0.25) is 0 Å². The molecular formula is C18H18F3NO2. The van der Waals surface area contributed by atoms with E-state index in [0.29, 0.717) is 11.5 Å². The quantitative estimate of drug-likeness (QED) is 0.914. The molecule has 3 nitrogen and oxygen atoms in total. The van der Waals surface area contributed by atoms with Gasteiger partial charge in [0.05, 0.1) is 18.3 Å². The van der Waals surface area contributed by atoms with Crippen LogP contribution in [0.4, 0.5) is 13.2 Å². The summed E-state index contributed by atoms with van der Waals surface area (Å²) in [5.41, 5.74) is 0.440. The molecule has 128 valence electrons. The summed E-state index contributed by atoms with van der Waals surface area (Å²) in [5.74, 6) is 0.955. The monoisotopic (exact) mass is 337 g/mol. The predicted molar refractivity (Wildman–Crippen MR) is 84.3 cm³/mol. The van der Waals surface area contributed by atoms with Crippen molar-refractivity contribution in [2.75, 3.05) is 19.7 Å². The molecule has 0 bridgehead atoms. The maximum Gasteiger partial charge on any atom is 0.416 e. The van der Waals surface area contributed by atoms with Crippen molar-refractivity contribution in [2.45, 2.75) is 18.7 Å². The Morgan fingerprint density at radius 3 is 2.17 bits per heavy atom. The summed E-state index contributed by atoms with van der Waals surface area (Å²) in [4.78, 5) is 0. The fourth-order valence-electron chi connectivity index (χ4n) is 2.56. The van der Waals surface area contributed by atoms with Crippen molar-refractivity contribution in [3.05, 3.63) is 59.7 Å². The first-order valence-electron chi connectivity index (χ1n) is 7.77. The average molecular weight is 337 g/mol. The summed E-state index contributed by atoms with van der Waals surface area (Å²) in [7, 11) is 0. The van der Waals surface area contributed by atoms with Crippen LogP contribution in [-0.2, 0) is 17.3 Å². The third-order valence-electron chi connectivity index (χ3n) is 3.81. The molecule has 1 atom stereocenters. The molecule has 2 aromatic carbocycles. The minimum absolute atomic E-state index is 0.167. The Balaban J connectivity index is 1.59. The molecule has 1 heterocycles. The lowest BCUT2D eigenvalue weighted by molar-refractivity contribution is -0.137. The zero-order valence-electron chi connectivity index (χ0n) is 13.0. The van der Waals surface area contributed by atoms with E-state index in [1.165, 1.54) is 12.1 Å². The summed E-state index contributed by atoms with van der Waals surface area (Å²) < 4.78 is 48.8. The molecule has 0 aromatic heterocycles. The molecule has 1 N–H and O–H groups in total. The maximum absolute atomic E-state index is 12.5. The van der Waals surface area contributed by atoms with Gasteiger partial charge >= 0.3 is 6.18 Å². The normalized spacial score (nSPS) is 18.4. The Morgan fingerprint density at radius 2 is 1.62 bits per heavy atom. The van der Waals surface area contributed by atoms with E-state index in [2.05, 4.69) is 5.32 Å². The second-order valence-corrected chi connectivity index (χ2v) is 5.67. The van der Waals surface area contributed by atoms with Crippen molar-refractivity contribution in [2.24, 2.45) is 0 Å². The topological polar surface area (TPSA) is 30.5 Å². The number of alkyl halides is 3. The van der Waals surface area contributed by atoms with Crippen molar-refractivity contribution < 1.29 is 22.6 Å². The number of ether oxygens (including phenoxy) is 2. The van der Waals surface area contributed by atoms with E-state index in [4.69, 9.17) is 9.47 Å². The van der Waals surface area contributed by atoms with Gasteiger partial charge in [-0.15, -0.1) is 0 Å². The van der Waals surface area contributed by atoms with E-state index in [1.807, 2.05) is 24.3 Å². The minimum Gasteiger partial charge on any atom is -0.457 e. The van der Waals surface area contributed by atoms with Crippen LogP contribution in [0.3, 0.4) is 0 Å². The van der Waals surface area contributed by atoms with Gasteiger partial charge in [-0.3, -0.25) is 0 Å². The molecule has 1 aliphatic heterocycles. The summed E-state index contributed by atoms with van der Waals surface area (Å²) in [6.45, 7) is 2.44. The molecule has 0 amide bonds. The largest absolute Gasteiger partial charge is 0.457 e. The van der Waals surface area contributed by atoms with Gasteiger partial charge in [0.15, 0.2) is 0 Å². The molecular weight excluding hydrogens is 319 g/mol. The highest BCUT2D eigenvalue weighted by Gasteiger charge is 2.30. The third kappa shape index (κ3) is 4.49. The Kier molecular flexibility index (Phi) is 5.06. The number of halogens is 3. The fraction of sp³-hybridized carbons (Fsp3) is 0.333. The van der Waals surface area contributed by atoms with Crippen molar-refractivity contribution in [1.82, 2.24) is 5.32 Å². The number of nitrogens with one attached hydrogen (secondary N) is 1. The molecule has 1 unspecified atom stereocenters. The highest BCUT2D eigenvalue weighted by molar-refractivity contribution is 5.35. The second kappa shape index (κ2) is 7.23. The number of rotatable bonds is 4. The standard InChI is InChI=1S/C18H18F3NO2/c19-18(20,21)14-3-7-16(8-4-14)24-15-5-1-13(2-6-15)11-17-12-22-9-10-23-17/h1-8,17,22H,9-12H2. The van der Waals surface area contributed by atoms with Crippen molar-refractivity contribution >= 4 is 0 Å². The Labute approximate surface area is 138 Å². The van der Waals surface area contributed by atoms with Crippen LogP contribution >= 0.6 is 0 Å². The fourth-order valence-corrected chi connectivity index (χ4v) is 2.56. The van der Waals surface area contributed by atoms with Crippen LogP contribution in [0.5, 0.6) is 11.5 Å². The molecule has 3 rings (SSSR count). The van der Waals surface area contributed by atoms with E-state index in [-0.39, 0.29) is 6.10 Å². The lowest BCUT2D eigenvalue weighted by Gasteiger charge is -2.23. The highest BCUT2D eigenvalue weighted by atomic mass is 19.4. The van der Waals surface area contributed by atoms with Crippen molar-refractivity contribution in [3.63, 3.8) is 0 Å². The Hall–Kier alpha value is -2.05. The van der Waals surface area contributed by atoms with Gasteiger partial charge in [0, 0.05) is 13.1 Å². The van der Waals surface area contributed by atoms with Crippen LogP contribution in [0, 0.1) is 0 Å². The lowest BCUT2D eigenvalue weighted by Crippen LogP contribution is -2.39. The molecule has 6 heteroatoms. The average Bonchev–Trinajstić information content (AvgIpc) is 2.57. The SMILES string of the molecule is FC(F)(F)c1ccc(Oc2ccc(CC3CNCCO3)cc2)cc1. The van der Waals surface area contributed by atoms with E-state index >= 15 is 0 Å². The summed E-state index contributed by atoms with van der Waals surface area (Å²) in [6.07, 6.45) is -3.36. The molecule has 1 aliphatic rings. The molecule has 0 radical (unpaired) electrons. The van der Waals surface area contributed by atoms with Gasteiger partial charge in [-0.2, -0.15) is 13.2 Å². The Bertz CT molecular complexity index is 647. The van der Waals surface area contributed by atoms with Gasteiger partial charge in [0.1, 0.15) is 11.5 Å². The summed E-state index contributed by atoms with van der Waals surface area (Å²) in [5, 5.41) is 3.28. The van der Waals surface area contributed by atoms with Crippen molar-refractivity contribution in [3.8, 4) is 11.5 Å². The van der Waals surface area contributed by atoms with Gasteiger partial charge in [-0.05, 0) is 48.4 Å². The van der Waals surface area contributed by atoms with Crippen LogP contribution in [0.2, 0.25) is 0 Å². The molecule has 0 saturated carbocycles. The minimum atomic E-state index is -4.34. The first-order chi connectivity index (χ1) is 11.5. The van der Waals surface area contributed by atoms with Crippen LogP contribution in [0.25, 0.3) is 0 Å². The molecule has 2 aromatic rings. The summed E-state index contributed by atoms with van der Waals surface area (Å²) >= 11 is 0. The number of benzene rings is 2. The molecule has 0 spiro atoms. The summed E-state index contributed by atoms with van der Waals surface area (Å²) in [6, 6.07) is 12.2. The predicted octanol–water partition coefficient (Wildman–Crippen LogP) is 4.03. The van der Waals surface area contributed by atoms with Gasteiger partial charge < -0.3 is 14.8 Å². The smallest absolute Gasteiger partial charge is 0.416 e.